The van der Waals surface area contributed by atoms with Crippen molar-refractivity contribution < 1.29 is 24.7 Å². The average molecular weight is 285 g/mol. The largest absolute Gasteiger partial charge is 0.481 e. The van der Waals surface area contributed by atoms with E-state index < -0.39 is 22.8 Å². The van der Waals surface area contributed by atoms with Crippen LogP contribution >= 0.6 is 0 Å². The van der Waals surface area contributed by atoms with Crippen LogP contribution in [0.15, 0.2) is 12.4 Å². The standard InChI is InChI=1S/C11H15N3O6/c15-9(16)8(10(17)18)4-2-1-3-6-13-7-5-12-11(13)14(19)20/h5,7-8H,1-4,6H2,(H,15,16)(H,17,18). The van der Waals surface area contributed by atoms with Crippen LogP contribution < -0.4 is 0 Å². The third-order valence-electron chi connectivity index (χ3n) is 2.84. The normalized spacial score (nSPS) is 10.7. The number of imidazole rings is 1. The molecule has 0 atom stereocenters. The average Bonchev–Trinajstić information content (AvgIpc) is 2.80. The summed E-state index contributed by atoms with van der Waals surface area (Å²) < 4.78 is 1.39. The second-order valence-corrected chi connectivity index (χ2v) is 4.26. The molecule has 0 aromatic carbocycles. The molecule has 2 N–H and O–H groups in total. The number of carboxylic acids is 2. The lowest BCUT2D eigenvalue weighted by molar-refractivity contribution is -0.396. The van der Waals surface area contributed by atoms with Crippen LogP contribution in [0.25, 0.3) is 0 Å². The molecule has 0 aliphatic carbocycles. The van der Waals surface area contributed by atoms with E-state index in [0.29, 0.717) is 25.8 Å². The summed E-state index contributed by atoms with van der Waals surface area (Å²) in [5.41, 5.74) is 0. The van der Waals surface area contributed by atoms with Gasteiger partial charge < -0.3 is 20.3 Å². The fourth-order valence-electron chi connectivity index (χ4n) is 1.81. The topological polar surface area (TPSA) is 136 Å². The second kappa shape index (κ2) is 7.22. The van der Waals surface area contributed by atoms with Crippen molar-refractivity contribution in [2.24, 2.45) is 5.92 Å². The van der Waals surface area contributed by atoms with E-state index in [-0.39, 0.29) is 12.4 Å². The number of carbonyl (C=O) groups is 2. The molecule has 0 bridgehead atoms. The van der Waals surface area contributed by atoms with Gasteiger partial charge in [0.2, 0.25) is 0 Å². The maximum atomic E-state index is 10.6. The lowest BCUT2D eigenvalue weighted by Crippen LogP contribution is -2.23. The van der Waals surface area contributed by atoms with Crippen molar-refractivity contribution in [3.63, 3.8) is 0 Å². The number of nitrogens with zero attached hydrogens (tertiary/aromatic N) is 3. The maximum Gasteiger partial charge on any atom is 0.434 e. The Morgan fingerprint density at radius 1 is 1.30 bits per heavy atom. The van der Waals surface area contributed by atoms with E-state index in [2.05, 4.69) is 4.98 Å². The summed E-state index contributed by atoms with van der Waals surface area (Å²) in [6.45, 7) is 0.390. The highest BCUT2D eigenvalue weighted by molar-refractivity contribution is 5.92. The molecule has 9 nitrogen and oxygen atoms in total. The van der Waals surface area contributed by atoms with Gasteiger partial charge in [-0.05, 0) is 17.8 Å². The molecule has 20 heavy (non-hydrogen) atoms. The van der Waals surface area contributed by atoms with E-state index in [0.717, 1.165) is 0 Å². The predicted octanol–water partition coefficient (Wildman–Crippen LogP) is 1.14. The summed E-state index contributed by atoms with van der Waals surface area (Å²) in [4.78, 5) is 34.9. The van der Waals surface area contributed by atoms with Gasteiger partial charge in [0.15, 0.2) is 5.92 Å². The number of carboxylic acid groups (broad SMARTS) is 2. The monoisotopic (exact) mass is 285 g/mol. The first-order valence-electron chi connectivity index (χ1n) is 6.04. The van der Waals surface area contributed by atoms with Crippen LogP contribution in [0, 0.1) is 16.0 Å². The van der Waals surface area contributed by atoms with Crippen LogP contribution in [0.5, 0.6) is 0 Å². The van der Waals surface area contributed by atoms with Gasteiger partial charge in [0, 0.05) is 0 Å². The first-order valence-corrected chi connectivity index (χ1v) is 6.04. The Morgan fingerprint density at radius 2 is 1.95 bits per heavy atom. The molecule has 0 radical (unpaired) electrons. The first-order chi connectivity index (χ1) is 9.43. The van der Waals surface area contributed by atoms with E-state index in [1.807, 2.05) is 0 Å². The van der Waals surface area contributed by atoms with E-state index in [4.69, 9.17) is 10.2 Å². The Balaban J connectivity index is 2.32. The van der Waals surface area contributed by atoms with Crippen LogP contribution in [0.2, 0.25) is 0 Å². The van der Waals surface area contributed by atoms with Crippen LogP contribution in [0.3, 0.4) is 0 Å². The quantitative estimate of drug-likeness (QED) is 0.300. The number of aromatic nitrogens is 2. The van der Waals surface area contributed by atoms with Crippen LogP contribution in [-0.4, -0.2) is 36.6 Å². The minimum Gasteiger partial charge on any atom is -0.481 e. The smallest absolute Gasteiger partial charge is 0.434 e. The Labute approximate surface area is 114 Å². The molecule has 1 heterocycles. The molecule has 0 saturated heterocycles. The van der Waals surface area contributed by atoms with Crippen molar-refractivity contribution >= 4 is 17.9 Å². The van der Waals surface area contributed by atoms with Gasteiger partial charge in [-0.1, -0.05) is 17.8 Å². The molecule has 9 heteroatoms. The molecule has 0 amide bonds. The number of hydrogen-bond acceptors (Lipinski definition) is 5. The number of hydrogen-bond donors (Lipinski definition) is 2. The summed E-state index contributed by atoms with van der Waals surface area (Å²) in [6, 6.07) is 0. The number of rotatable bonds is 9. The summed E-state index contributed by atoms with van der Waals surface area (Å²) >= 11 is 0. The number of aryl methyl sites for hydroxylation is 1. The number of unbranched alkanes of at least 4 members (excludes halogenated alkanes) is 2. The molecule has 1 aromatic heterocycles. The minimum atomic E-state index is -1.39. The van der Waals surface area contributed by atoms with Gasteiger partial charge in [-0.25, -0.2) is 4.57 Å². The van der Waals surface area contributed by atoms with Crippen molar-refractivity contribution in [2.75, 3.05) is 0 Å². The highest BCUT2D eigenvalue weighted by Crippen LogP contribution is 2.13. The molecule has 0 aliphatic rings. The fraction of sp³-hybridized carbons (Fsp3) is 0.545. The third-order valence-corrected chi connectivity index (χ3v) is 2.84. The predicted molar refractivity (Wildman–Crippen MR) is 66.1 cm³/mol. The molecular weight excluding hydrogens is 270 g/mol. The van der Waals surface area contributed by atoms with Gasteiger partial charge in [-0.2, -0.15) is 0 Å². The second-order valence-electron chi connectivity index (χ2n) is 4.26. The van der Waals surface area contributed by atoms with E-state index in [1.54, 1.807) is 0 Å². The molecule has 1 rings (SSSR count). The summed E-state index contributed by atoms with van der Waals surface area (Å²) in [7, 11) is 0. The zero-order valence-electron chi connectivity index (χ0n) is 10.6. The Morgan fingerprint density at radius 3 is 2.50 bits per heavy atom. The maximum absolute atomic E-state index is 10.6. The lowest BCUT2D eigenvalue weighted by atomic mass is 10.0. The van der Waals surface area contributed by atoms with E-state index in [9.17, 15) is 19.7 Å². The van der Waals surface area contributed by atoms with Crippen LogP contribution in [0.1, 0.15) is 25.7 Å². The molecule has 0 saturated carbocycles. The van der Waals surface area contributed by atoms with Crippen LogP contribution in [0.4, 0.5) is 5.95 Å². The van der Waals surface area contributed by atoms with Crippen molar-refractivity contribution in [2.45, 2.75) is 32.2 Å². The molecule has 1 aromatic rings. The zero-order chi connectivity index (χ0) is 15.1. The van der Waals surface area contributed by atoms with Crippen molar-refractivity contribution in [3.05, 3.63) is 22.5 Å². The van der Waals surface area contributed by atoms with Gasteiger partial charge in [0.05, 0.1) is 6.54 Å². The van der Waals surface area contributed by atoms with Gasteiger partial charge >= 0.3 is 17.9 Å². The highest BCUT2D eigenvalue weighted by Gasteiger charge is 2.24. The van der Waals surface area contributed by atoms with Crippen molar-refractivity contribution in [1.82, 2.24) is 9.55 Å². The third kappa shape index (κ3) is 4.34. The van der Waals surface area contributed by atoms with E-state index >= 15 is 0 Å². The van der Waals surface area contributed by atoms with E-state index in [1.165, 1.54) is 17.0 Å². The van der Waals surface area contributed by atoms with Gasteiger partial charge in [-0.15, -0.1) is 0 Å². The first kappa shape index (κ1) is 15.6. The van der Waals surface area contributed by atoms with Crippen LogP contribution in [-0.2, 0) is 16.1 Å². The van der Waals surface area contributed by atoms with Gasteiger partial charge in [0.25, 0.3) is 0 Å². The minimum absolute atomic E-state index is 0.0523. The Bertz CT molecular complexity index is 484. The summed E-state index contributed by atoms with van der Waals surface area (Å²) in [5.74, 6) is -4.32. The summed E-state index contributed by atoms with van der Waals surface area (Å²) in [6.07, 6.45) is 4.50. The zero-order valence-corrected chi connectivity index (χ0v) is 10.6. The van der Waals surface area contributed by atoms with Crippen molar-refractivity contribution in [3.8, 4) is 0 Å². The van der Waals surface area contributed by atoms with Gasteiger partial charge in [-0.3, -0.25) is 9.59 Å². The molecule has 0 spiro atoms. The van der Waals surface area contributed by atoms with Crippen molar-refractivity contribution in [1.29, 1.82) is 0 Å². The molecular formula is C11H15N3O6. The fourth-order valence-corrected chi connectivity index (χ4v) is 1.81. The lowest BCUT2D eigenvalue weighted by Gasteiger charge is -2.06. The SMILES string of the molecule is O=C(O)C(CCCCCn1ccnc1[N+](=O)[O-])C(=O)O. The molecule has 110 valence electrons. The molecule has 0 aliphatic heterocycles. The highest BCUT2D eigenvalue weighted by atomic mass is 16.6. The number of aliphatic carboxylic acids is 2. The molecule has 0 unspecified atom stereocenters. The Hall–Kier alpha value is -2.45. The summed E-state index contributed by atoms with van der Waals surface area (Å²) in [5, 5.41) is 28.0. The van der Waals surface area contributed by atoms with Gasteiger partial charge in [0.1, 0.15) is 12.4 Å². The molecule has 0 fully saturated rings. The Kier molecular flexibility index (Phi) is 5.63. The number of nitro groups is 1.